The van der Waals surface area contributed by atoms with Gasteiger partial charge in [-0.05, 0) is 53.0 Å². The molecule has 4 heteroatoms. The van der Waals surface area contributed by atoms with Gasteiger partial charge in [-0.15, -0.1) is 0 Å². The average molecular weight is 254 g/mol. The van der Waals surface area contributed by atoms with Crippen LogP contribution in [0.4, 0.5) is 0 Å². The number of carboxylic acid groups (broad SMARTS) is 1. The maximum atomic E-state index is 11.6. The highest BCUT2D eigenvalue weighted by molar-refractivity contribution is 5.79. The summed E-state index contributed by atoms with van der Waals surface area (Å²) >= 11 is 0. The number of aliphatic carboxylic acids is 1. The molecule has 0 radical (unpaired) electrons. The predicted molar refractivity (Wildman–Crippen MR) is 71.7 cm³/mol. The topological polar surface area (TPSA) is 52.6 Å². The highest BCUT2D eigenvalue weighted by atomic mass is 16.4. The number of nitrogens with zero attached hydrogens (tertiary/aromatic N) is 1. The van der Waals surface area contributed by atoms with Gasteiger partial charge in [0.15, 0.2) is 0 Å². The summed E-state index contributed by atoms with van der Waals surface area (Å²) in [7, 11) is 2.17. The highest BCUT2D eigenvalue weighted by Gasteiger charge is 2.47. The molecule has 0 aromatic heterocycles. The van der Waals surface area contributed by atoms with Crippen molar-refractivity contribution in [2.45, 2.75) is 76.0 Å². The van der Waals surface area contributed by atoms with Crippen LogP contribution in [-0.4, -0.2) is 46.7 Å². The Morgan fingerprint density at radius 1 is 1.33 bits per heavy atom. The number of carboxylic acids is 1. The van der Waals surface area contributed by atoms with Gasteiger partial charge in [-0.3, -0.25) is 10.1 Å². The number of nitrogens with one attached hydrogen (secondary N) is 1. The van der Waals surface area contributed by atoms with Crippen molar-refractivity contribution in [2.75, 3.05) is 7.05 Å². The van der Waals surface area contributed by atoms with Crippen LogP contribution >= 0.6 is 0 Å². The molecule has 2 aliphatic carbocycles. The summed E-state index contributed by atoms with van der Waals surface area (Å²) in [6.45, 7) is 4.04. The summed E-state index contributed by atoms with van der Waals surface area (Å²) in [5, 5.41) is 12.8. The van der Waals surface area contributed by atoms with Crippen LogP contribution in [0.5, 0.6) is 0 Å². The third kappa shape index (κ3) is 2.54. The highest BCUT2D eigenvalue weighted by Crippen LogP contribution is 2.37. The minimum absolute atomic E-state index is 0.217. The molecule has 0 bridgehead atoms. The molecule has 4 nitrogen and oxygen atoms in total. The van der Waals surface area contributed by atoms with E-state index in [2.05, 4.69) is 17.3 Å². The van der Waals surface area contributed by atoms with E-state index in [-0.39, 0.29) is 6.04 Å². The largest absolute Gasteiger partial charge is 0.480 e. The van der Waals surface area contributed by atoms with Crippen LogP contribution in [0.1, 0.15) is 52.4 Å². The summed E-state index contributed by atoms with van der Waals surface area (Å²) < 4.78 is 0. The fraction of sp³-hybridized carbons (Fsp3) is 0.929. The molecule has 2 saturated carbocycles. The zero-order chi connectivity index (χ0) is 13.3. The molecule has 0 aliphatic heterocycles. The zero-order valence-electron chi connectivity index (χ0n) is 11.8. The molecule has 0 aromatic carbocycles. The van der Waals surface area contributed by atoms with Gasteiger partial charge in [0.1, 0.15) is 5.54 Å². The second kappa shape index (κ2) is 5.17. The lowest BCUT2D eigenvalue weighted by Crippen LogP contribution is -2.54. The molecule has 0 spiro atoms. The quantitative estimate of drug-likeness (QED) is 0.786. The lowest BCUT2D eigenvalue weighted by Gasteiger charge is -2.39. The van der Waals surface area contributed by atoms with E-state index in [1.54, 1.807) is 0 Å². The van der Waals surface area contributed by atoms with E-state index in [1.807, 2.05) is 13.8 Å². The second-order valence-corrected chi connectivity index (χ2v) is 6.33. The molecule has 2 N–H and O–H groups in total. The van der Waals surface area contributed by atoms with E-state index >= 15 is 0 Å². The van der Waals surface area contributed by atoms with Gasteiger partial charge in [0, 0.05) is 18.1 Å². The monoisotopic (exact) mass is 254 g/mol. The van der Waals surface area contributed by atoms with E-state index in [1.165, 1.54) is 19.3 Å². The summed E-state index contributed by atoms with van der Waals surface area (Å²) in [4.78, 5) is 14.0. The molecule has 2 unspecified atom stereocenters. The lowest BCUT2D eigenvalue weighted by molar-refractivity contribution is -0.145. The normalized spacial score (nSPS) is 33.1. The molecular weight excluding hydrogens is 228 g/mol. The minimum Gasteiger partial charge on any atom is -0.480 e. The molecule has 2 aliphatic rings. The number of carbonyl (C=O) groups is 1. The van der Waals surface area contributed by atoms with Crippen LogP contribution in [0.25, 0.3) is 0 Å². The summed E-state index contributed by atoms with van der Waals surface area (Å²) in [5.74, 6) is -0.680. The maximum Gasteiger partial charge on any atom is 0.323 e. The number of hydrogen-bond donors (Lipinski definition) is 2. The third-order valence-corrected chi connectivity index (χ3v) is 4.69. The molecular formula is C14H26N2O2. The standard InChI is InChI=1S/C14H26N2O2/c1-10(2)15-14(13(17)18)8-7-12(9-14)16(3)11-5-4-6-11/h10-12,15H,4-9H2,1-3H3,(H,17,18). The van der Waals surface area contributed by atoms with Gasteiger partial charge in [0.25, 0.3) is 0 Å². The van der Waals surface area contributed by atoms with E-state index in [9.17, 15) is 9.90 Å². The molecule has 18 heavy (non-hydrogen) atoms. The Labute approximate surface area is 110 Å². The Balaban J connectivity index is 2.00. The van der Waals surface area contributed by atoms with Crippen molar-refractivity contribution in [3.8, 4) is 0 Å². The number of hydrogen-bond acceptors (Lipinski definition) is 3. The lowest BCUT2D eigenvalue weighted by atomic mass is 9.90. The smallest absolute Gasteiger partial charge is 0.323 e. The first kappa shape index (κ1) is 13.8. The van der Waals surface area contributed by atoms with Crippen LogP contribution in [0.15, 0.2) is 0 Å². The Hall–Kier alpha value is -0.610. The summed E-state index contributed by atoms with van der Waals surface area (Å²) in [6.07, 6.45) is 6.39. The van der Waals surface area contributed by atoms with Gasteiger partial charge in [-0.25, -0.2) is 0 Å². The van der Waals surface area contributed by atoms with Crippen LogP contribution in [0.3, 0.4) is 0 Å². The van der Waals surface area contributed by atoms with Gasteiger partial charge >= 0.3 is 5.97 Å². The summed E-state index contributed by atoms with van der Waals surface area (Å²) in [5.41, 5.74) is -0.698. The van der Waals surface area contributed by atoms with E-state index in [4.69, 9.17) is 0 Å². The fourth-order valence-corrected chi connectivity index (χ4v) is 3.40. The molecule has 0 amide bonds. The van der Waals surface area contributed by atoms with Crippen molar-refractivity contribution in [3.63, 3.8) is 0 Å². The number of rotatable bonds is 5. The third-order valence-electron chi connectivity index (χ3n) is 4.69. The molecule has 0 aromatic rings. The van der Waals surface area contributed by atoms with E-state index in [0.717, 1.165) is 19.3 Å². The first-order valence-electron chi connectivity index (χ1n) is 7.17. The van der Waals surface area contributed by atoms with Crippen molar-refractivity contribution in [3.05, 3.63) is 0 Å². The Bertz CT molecular complexity index is 315. The molecule has 0 heterocycles. The molecule has 2 rings (SSSR count). The molecule has 0 saturated heterocycles. The SMILES string of the molecule is CC(C)NC1(C(=O)O)CCC(N(C)C2CCC2)C1. The first-order valence-corrected chi connectivity index (χ1v) is 7.17. The van der Waals surface area contributed by atoms with Crippen LogP contribution in [-0.2, 0) is 4.79 Å². The van der Waals surface area contributed by atoms with Crippen molar-refractivity contribution >= 4 is 5.97 Å². The van der Waals surface area contributed by atoms with Gasteiger partial charge in [-0.2, -0.15) is 0 Å². The average Bonchev–Trinajstić information content (AvgIpc) is 2.59. The van der Waals surface area contributed by atoms with Crippen LogP contribution in [0.2, 0.25) is 0 Å². The van der Waals surface area contributed by atoms with E-state index in [0.29, 0.717) is 12.1 Å². The first-order chi connectivity index (χ1) is 8.44. The van der Waals surface area contributed by atoms with Crippen molar-refractivity contribution in [2.24, 2.45) is 0 Å². The van der Waals surface area contributed by atoms with Crippen molar-refractivity contribution < 1.29 is 9.90 Å². The van der Waals surface area contributed by atoms with E-state index < -0.39 is 11.5 Å². The van der Waals surface area contributed by atoms with Crippen molar-refractivity contribution in [1.82, 2.24) is 10.2 Å². The predicted octanol–water partition coefficient (Wildman–Crippen LogP) is 1.84. The molecule has 2 atom stereocenters. The van der Waals surface area contributed by atoms with Crippen molar-refractivity contribution in [1.29, 1.82) is 0 Å². The van der Waals surface area contributed by atoms with Crippen LogP contribution < -0.4 is 5.32 Å². The maximum absolute atomic E-state index is 11.6. The van der Waals surface area contributed by atoms with Gasteiger partial charge in [0.2, 0.25) is 0 Å². The zero-order valence-corrected chi connectivity index (χ0v) is 11.8. The van der Waals surface area contributed by atoms with Gasteiger partial charge in [-0.1, -0.05) is 6.42 Å². The fourth-order valence-electron chi connectivity index (χ4n) is 3.40. The molecule has 2 fully saturated rings. The molecule has 104 valence electrons. The summed E-state index contributed by atoms with van der Waals surface area (Å²) in [6, 6.07) is 1.34. The van der Waals surface area contributed by atoms with Gasteiger partial charge < -0.3 is 10.0 Å². The second-order valence-electron chi connectivity index (χ2n) is 6.33. The van der Waals surface area contributed by atoms with Gasteiger partial charge in [0.05, 0.1) is 0 Å². The minimum atomic E-state index is -0.698. The Morgan fingerprint density at radius 3 is 2.44 bits per heavy atom. The Morgan fingerprint density at radius 2 is 2.00 bits per heavy atom. The van der Waals surface area contributed by atoms with Crippen LogP contribution in [0, 0.1) is 0 Å². The Kier molecular flexibility index (Phi) is 3.97.